The molecule has 0 radical (unpaired) electrons. The monoisotopic (exact) mass is 371 g/mol. The standard InChI is InChI=1S/C15H9ClF3N3OS/c16-10-2-1-7(5-9(10)15(17,18)19)22-14(23)13-12(20)8-6-21-4-3-11(8)24-13/h1-6H,20H2,(H,22,23). The van der Waals surface area contributed by atoms with Gasteiger partial charge < -0.3 is 11.1 Å². The summed E-state index contributed by atoms with van der Waals surface area (Å²) < 4.78 is 39.4. The number of nitrogens with two attached hydrogens (primary N) is 1. The molecule has 3 aromatic rings. The highest BCUT2D eigenvalue weighted by Crippen LogP contribution is 2.37. The van der Waals surface area contributed by atoms with E-state index in [9.17, 15) is 18.0 Å². The van der Waals surface area contributed by atoms with Crippen molar-refractivity contribution in [1.29, 1.82) is 0 Å². The summed E-state index contributed by atoms with van der Waals surface area (Å²) in [5.41, 5.74) is 5.13. The first-order chi connectivity index (χ1) is 11.3. The fourth-order valence-electron chi connectivity index (χ4n) is 2.14. The van der Waals surface area contributed by atoms with Gasteiger partial charge in [-0.3, -0.25) is 9.78 Å². The lowest BCUT2D eigenvalue weighted by molar-refractivity contribution is -0.137. The van der Waals surface area contributed by atoms with E-state index in [1.807, 2.05) is 0 Å². The van der Waals surface area contributed by atoms with Gasteiger partial charge in [-0.2, -0.15) is 13.2 Å². The second kappa shape index (κ2) is 5.95. The molecule has 4 nitrogen and oxygen atoms in total. The number of fused-ring (bicyclic) bond motifs is 1. The predicted molar refractivity (Wildman–Crippen MR) is 88.4 cm³/mol. The van der Waals surface area contributed by atoms with Gasteiger partial charge in [0, 0.05) is 28.2 Å². The van der Waals surface area contributed by atoms with Crippen molar-refractivity contribution in [3.63, 3.8) is 0 Å². The zero-order valence-electron chi connectivity index (χ0n) is 11.8. The minimum Gasteiger partial charge on any atom is -0.397 e. The third-order valence-electron chi connectivity index (χ3n) is 3.26. The van der Waals surface area contributed by atoms with Gasteiger partial charge in [0.15, 0.2) is 0 Å². The van der Waals surface area contributed by atoms with Crippen LogP contribution in [0.25, 0.3) is 10.1 Å². The van der Waals surface area contributed by atoms with E-state index in [4.69, 9.17) is 17.3 Å². The van der Waals surface area contributed by atoms with E-state index in [2.05, 4.69) is 10.3 Å². The van der Waals surface area contributed by atoms with Crippen LogP contribution in [0.15, 0.2) is 36.7 Å². The molecule has 0 aliphatic heterocycles. The van der Waals surface area contributed by atoms with E-state index in [-0.39, 0.29) is 16.3 Å². The Morgan fingerprint density at radius 3 is 2.71 bits per heavy atom. The smallest absolute Gasteiger partial charge is 0.397 e. The largest absolute Gasteiger partial charge is 0.417 e. The number of benzene rings is 1. The molecule has 0 aliphatic rings. The van der Waals surface area contributed by atoms with Crippen molar-refractivity contribution in [2.24, 2.45) is 0 Å². The Morgan fingerprint density at radius 2 is 2.04 bits per heavy atom. The topological polar surface area (TPSA) is 68.0 Å². The van der Waals surface area contributed by atoms with Crippen molar-refractivity contribution in [3.8, 4) is 0 Å². The first-order valence-corrected chi connectivity index (χ1v) is 7.77. The Bertz CT molecular complexity index is 939. The number of aromatic nitrogens is 1. The molecular formula is C15H9ClF3N3OS. The van der Waals surface area contributed by atoms with E-state index in [0.717, 1.165) is 28.2 Å². The highest BCUT2D eigenvalue weighted by Gasteiger charge is 2.33. The third kappa shape index (κ3) is 3.02. The van der Waals surface area contributed by atoms with E-state index in [0.29, 0.717) is 5.39 Å². The van der Waals surface area contributed by atoms with Gasteiger partial charge in [0.2, 0.25) is 0 Å². The Labute approximate surface area is 143 Å². The van der Waals surface area contributed by atoms with Gasteiger partial charge in [0.1, 0.15) is 4.88 Å². The number of amides is 1. The molecule has 0 spiro atoms. The molecule has 2 heterocycles. The molecule has 1 amide bonds. The number of anilines is 2. The molecule has 1 aromatic carbocycles. The summed E-state index contributed by atoms with van der Waals surface area (Å²) in [6, 6.07) is 4.86. The van der Waals surface area contributed by atoms with Gasteiger partial charge in [-0.05, 0) is 24.3 Å². The van der Waals surface area contributed by atoms with Gasteiger partial charge in [0.05, 0.1) is 16.3 Å². The zero-order chi connectivity index (χ0) is 17.5. The number of thiophene rings is 1. The van der Waals surface area contributed by atoms with Crippen molar-refractivity contribution in [2.75, 3.05) is 11.1 Å². The average Bonchev–Trinajstić information content (AvgIpc) is 2.86. The lowest BCUT2D eigenvalue weighted by Gasteiger charge is -2.11. The lowest BCUT2D eigenvalue weighted by atomic mass is 10.2. The maximum absolute atomic E-state index is 12.9. The molecule has 0 bridgehead atoms. The molecule has 24 heavy (non-hydrogen) atoms. The minimum absolute atomic E-state index is 0.0216. The van der Waals surface area contributed by atoms with E-state index in [1.165, 1.54) is 12.3 Å². The summed E-state index contributed by atoms with van der Waals surface area (Å²) in [6.45, 7) is 0. The number of rotatable bonds is 2. The molecule has 0 atom stereocenters. The van der Waals surface area contributed by atoms with Crippen molar-refractivity contribution >= 4 is 50.3 Å². The highest BCUT2D eigenvalue weighted by atomic mass is 35.5. The van der Waals surface area contributed by atoms with Crippen molar-refractivity contribution < 1.29 is 18.0 Å². The number of pyridine rings is 1. The SMILES string of the molecule is Nc1c(C(=O)Nc2ccc(Cl)c(C(F)(F)F)c2)sc2ccncc12. The lowest BCUT2D eigenvalue weighted by Crippen LogP contribution is -2.13. The van der Waals surface area contributed by atoms with E-state index >= 15 is 0 Å². The van der Waals surface area contributed by atoms with Crippen LogP contribution < -0.4 is 11.1 Å². The van der Waals surface area contributed by atoms with Crippen LogP contribution in [0.1, 0.15) is 15.2 Å². The van der Waals surface area contributed by atoms with Gasteiger partial charge in [0.25, 0.3) is 5.91 Å². The fraction of sp³-hybridized carbons (Fsp3) is 0.0667. The molecule has 0 unspecified atom stereocenters. The van der Waals surface area contributed by atoms with Crippen LogP contribution in [0.3, 0.4) is 0 Å². The van der Waals surface area contributed by atoms with Crippen LogP contribution in [0.5, 0.6) is 0 Å². The summed E-state index contributed by atoms with van der Waals surface area (Å²) in [6.07, 6.45) is -1.52. The van der Waals surface area contributed by atoms with Crippen LogP contribution in [0.4, 0.5) is 24.5 Å². The van der Waals surface area contributed by atoms with Crippen LogP contribution >= 0.6 is 22.9 Å². The van der Waals surface area contributed by atoms with Crippen LogP contribution in [-0.2, 0) is 6.18 Å². The molecular weight excluding hydrogens is 363 g/mol. The first-order valence-electron chi connectivity index (χ1n) is 6.57. The van der Waals surface area contributed by atoms with Gasteiger partial charge in [-0.25, -0.2) is 0 Å². The Balaban J connectivity index is 1.93. The number of carbonyl (C=O) groups is 1. The number of nitrogens with zero attached hydrogens (tertiary/aromatic N) is 1. The summed E-state index contributed by atoms with van der Waals surface area (Å²) >= 11 is 6.69. The number of nitrogen functional groups attached to an aromatic ring is 1. The first kappa shape index (κ1) is 16.5. The maximum Gasteiger partial charge on any atom is 0.417 e. The quantitative estimate of drug-likeness (QED) is 0.679. The molecule has 0 saturated heterocycles. The maximum atomic E-state index is 12.9. The molecule has 0 fully saturated rings. The number of hydrogen-bond acceptors (Lipinski definition) is 4. The fourth-order valence-corrected chi connectivity index (χ4v) is 3.35. The number of alkyl halides is 3. The molecule has 3 N–H and O–H groups in total. The van der Waals surface area contributed by atoms with Gasteiger partial charge in [-0.1, -0.05) is 11.6 Å². The molecule has 2 aromatic heterocycles. The second-order valence-corrected chi connectivity index (χ2v) is 6.32. The molecule has 9 heteroatoms. The average molecular weight is 372 g/mol. The summed E-state index contributed by atoms with van der Waals surface area (Å²) in [5.74, 6) is -0.593. The molecule has 0 aliphatic carbocycles. The predicted octanol–water partition coefficient (Wildman–Crippen LogP) is 4.80. The van der Waals surface area contributed by atoms with Crippen molar-refractivity contribution in [2.45, 2.75) is 6.18 Å². The summed E-state index contributed by atoms with van der Waals surface area (Å²) in [4.78, 5) is 16.5. The second-order valence-electron chi connectivity index (χ2n) is 4.86. The molecule has 3 rings (SSSR count). The summed E-state index contributed by atoms with van der Waals surface area (Å²) in [5, 5.41) is 2.60. The van der Waals surface area contributed by atoms with Crippen LogP contribution in [0.2, 0.25) is 5.02 Å². The van der Waals surface area contributed by atoms with Crippen LogP contribution in [0, 0.1) is 0 Å². The van der Waals surface area contributed by atoms with Crippen molar-refractivity contribution in [3.05, 3.63) is 52.1 Å². The summed E-state index contributed by atoms with van der Waals surface area (Å²) in [7, 11) is 0. The Kier molecular flexibility index (Phi) is 4.10. The Morgan fingerprint density at radius 1 is 1.29 bits per heavy atom. The number of hydrogen-bond donors (Lipinski definition) is 2. The Hall–Kier alpha value is -2.32. The number of nitrogens with one attached hydrogen (secondary N) is 1. The molecule has 124 valence electrons. The molecule has 0 saturated carbocycles. The van der Waals surface area contributed by atoms with E-state index in [1.54, 1.807) is 12.3 Å². The van der Waals surface area contributed by atoms with Gasteiger partial charge in [-0.15, -0.1) is 11.3 Å². The van der Waals surface area contributed by atoms with Crippen molar-refractivity contribution in [1.82, 2.24) is 4.98 Å². The van der Waals surface area contributed by atoms with E-state index < -0.39 is 22.7 Å². The third-order valence-corrected chi connectivity index (χ3v) is 4.78. The number of halogens is 4. The normalized spacial score (nSPS) is 11.7. The zero-order valence-corrected chi connectivity index (χ0v) is 13.4. The highest BCUT2D eigenvalue weighted by molar-refractivity contribution is 7.21. The van der Waals surface area contributed by atoms with Crippen LogP contribution in [-0.4, -0.2) is 10.9 Å². The minimum atomic E-state index is -4.61. The van der Waals surface area contributed by atoms with Gasteiger partial charge >= 0.3 is 6.18 Å². The number of carbonyl (C=O) groups excluding carboxylic acids is 1.